The normalized spacial score (nSPS) is 27.0. The van der Waals surface area contributed by atoms with Gasteiger partial charge in [-0.1, -0.05) is 0 Å². The summed E-state index contributed by atoms with van der Waals surface area (Å²) < 4.78 is 23.1. The number of rotatable bonds is 3. The highest BCUT2D eigenvalue weighted by atomic mass is 32.2. The number of sulfone groups is 1. The summed E-state index contributed by atoms with van der Waals surface area (Å²) in [6.07, 6.45) is 1.90. The van der Waals surface area contributed by atoms with Crippen molar-refractivity contribution in [1.29, 1.82) is 0 Å². The molecule has 10 heteroatoms. The number of amides is 2. The first-order valence-electron chi connectivity index (χ1n) is 6.66. The Morgan fingerprint density at radius 1 is 1.50 bits per heavy atom. The van der Waals surface area contributed by atoms with E-state index in [1.807, 2.05) is 0 Å². The molecular formula is C12H14N4O4S2. The summed E-state index contributed by atoms with van der Waals surface area (Å²) >= 11 is 1.25. The molecule has 0 aliphatic carbocycles. The van der Waals surface area contributed by atoms with Crippen molar-refractivity contribution in [3.8, 4) is 0 Å². The van der Waals surface area contributed by atoms with Gasteiger partial charge in [0.15, 0.2) is 20.9 Å². The summed E-state index contributed by atoms with van der Waals surface area (Å²) in [7, 11) is -3.12. The number of thiazole rings is 1. The van der Waals surface area contributed by atoms with Gasteiger partial charge < -0.3 is 5.32 Å². The van der Waals surface area contributed by atoms with Gasteiger partial charge >= 0.3 is 0 Å². The van der Waals surface area contributed by atoms with Crippen molar-refractivity contribution in [3.63, 3.8) is 0 Å². The van der Waals surface area contributed by atoms with Crippen LogP contribution >= 0.6 is 11.3 Å². The Hall–Kier alpha value is -1.81. The number of hydrogen-bond donors (Lipinski definition) is 1. The number of carbonyl (C=O) groups excluding carboxylic acids is 2. The predicted octanol–water partition coefficient (Wildman–Crippen LogP) is 0.103. The van der Waals surface area contributed by atoms with E-state index in [0.717, 1.165) is 5.01 Å². The van der Waals surface area contributed by atoms with Gasteiger partial charge in [0.2, 0.25) is 5.91 Å². The van der Waals surface area contributed by atoms with E-state index in [-0.39, 0.29) is 11.5 Å². The van der Waals surface area contributed by atoms with Gasteiger partial charge in [0.1, 0.15) is 0 Å². The topological polar surface area (TPSA) is 109 Å². The Labute approximate surface area is 131 Å². The van der Waals surface area contributed by atoms with E-state index < -0.39 is 33.6 Å². The molecule has 0 saturated carbocycles. The van der Waals surface area contributed by atoms with Crippen molar-refractivity contribution in [3.05, 3.63) is 11.6 Å². The lowest BCUT2D eigenvalue weighted by molar-refractivity contribution is -0.137. The van der Waals surface area contributed by atoms with Gasteiger partial charge in [-0.25, -0.2) is 18.4 Å². The minimum atomic E-state index is -3.12. The molecule has 0 spiro atoms. The maximum atomic E-state index is 12.4. The molecule has 2 atom stereocenters. The van der Waals surface area contributed by atoms with Crippen molar-refractivity contribution in [2.75, 3.05) is 16.8 Å². The number of carbonyl (C=O) groups is 2. The largest absolute Gasteiger partial charge is 0.301 e. The molecule has 0 bridgehead atoms. The first-order chi connectivity index (χ1) is 10.4. The van der Waals surface area contributed by atoms with Gasteiger partial charge in [0, 0.05) is 11.6 Å². The highest BCUT2D eigenvalue weighted by Gasteiger charge is 2.44. The number of anilines is 1. The van der Waals surface area contributed by atoms with Crippen LogP contribution in [0, 0.1) is 5.92 Å². The van der Waals surface area contributed by atoms with Crippen LogP contribution in [0.2, 0.25) is 0 Å². The zero-order chi connectivity index (χ0) is 15.9. The third-order valence-electron chi connectivity index (χ3n) is 3.63. The molecule has 1 fully saturated rings. The minimum absolute atomic E-state index is 0.0476. The van der Waals surface area contributed by atoms with Gasteiger partial charge in [-0.05, 0) is 13.3 Å². The summed E-state index contributed by atoms with van der Waals surface area (Å²) in [4.78, 5) is 28.6. The molecule has 118 valence electrons. The summed E-state index contributed by atoms with van der Waals surface area (Å²) in [5.74, 6) is -2.05. The Balaban J connectivity index is 1.74. The minimum Gasteiger partial charge on any atom is -0.301 e. The molecule has 22 heavy (non-hydrogen) atoms. The van der Waals surface area contributed by atoms with Crippen molar-refractivity contribution in [1.82, 2.24) is 9.99 Å². The Morgan fingerprint density at radius 2 is 2.27 bits per heavy atom. The third-order valence-corrected chi connectivity index (χ3v) is 6.07. The highest BCUT2D eigenvalue weighted by Crippen LogP contribution is 2.26. The van der Waals surface area contributed by atoms with Crippen molar-refractivity contribution in [2.45, 2.75) is 19.4 Å². The van der Waals surface area contributed by atoms with Crippen LogP contribution in [0.1, 0.15) is 13.3 Å². The summed E-state index contributed by atoms with van der Waals surface area (Å²) in [5.41, 5.74) is 0.364. The van der Waals surface area contributed by atoms with Gasteiger partial charge in [-0.15, -0.1) is 11.3 Å². The van der Waals surface area contributed by atoms with E-state index in [1.165, 1.54) is 11.3 Å². The van der Waals surface area contributed by atoms with Crippen LogP contribution in [0.4, 0.5) is 5.13 Å². The monoisotopic (exact) mass is 342 g/mol. The molecule has 2 aliphatic rings. The number of aromatic nitrogens is 1. The number of hydrazone groups is 1. The van der Waals surface area contributed by atoms with E-state index in [4.69, 9.17) is 0 Å². The second kappa shape index (κ2) is 5.43. The fourth-order valence-corrected chi connectivity index (χ4v) is 4.81. The molecule has 0 radical (unpaired) electrons. The lowest BCUT2D eigenvalue weighted by Crippen LogP contribution is -2.40. The van der Waals surface area contributed by atoms with Crippen LogP contribution < -0.4 is 5.32 Å². The van der Waals surface area contributed by atoms with E-state index in [9.17, 15) is 18.0 Å². The smallest absolute Gasteiger partial charge is 0.261 e. The van der Waals surface area contributed by atoms with Crippen LogP contribution in [0.15, 0.2) is 16.7 Å². The number of hydrogen-bond acceptors (Lipinski definition) is 7. The second-order valence-electron chi connectivity index (χ2n) is 5.24. The zero-order valence-electron chi connectivity index (χ0n) is 11.7. The van der Waals surface area contributed by atoms with Gasteiger partial charge in [-0.2, -0.15) is 5.10 Å². The second-order valence-corrected chi connectivity index (χ2v) is 8.36. The van der Waals surface area contributed by atoms with Crippen LogP contribution in [-0.2, 0) is 19.4 Å². The summed E-state index contributed by atoms with van der Waals surface area (Å²) in [5, 5.41) is 9.96. The van der Waals surface area contributed by atoms with Gasteiger partial charge in [-0.3, -0.25) is 9.59 Å². The molecule has 3 heterocycles. The first kappa shape index (κ1) is 15.1. The SMILES string of the molecule is CC1=NN([C@H]2CCS(=O)(=O)C2)C(=O)[C@@H]1C(=O)Nc1nccs1. The van der Waals surface area contributed by atoms with Crippen molar-refractivity contribution >= 4 is 43.8 Å². The highest BCUT2D eigenvalue weighted by molar-refractivity contribution is 7.91. The fraction of sp³-hybridized carbons (Fsp3) is 0.500. The van der Waals surface area contributed by atoms with E-state index >= 15 is 0 Å². The van der Waals surface area contributed by atoms with Crippen molar-refractivity contribution < 1.29 is 18.0 Å². The fourth-order valence-electron chi connectivity index (χ4n) is 2.58. The third kappa shape index (κ3) is 2.75. The van der Waals surface area contributed by atoms with Gasteiger partial charge in [0.05, 0.1) is 23.3 Å². The average Bonchev–Trinajstić information content (AvgIpc) is 3.10. The lowest BCUT2D eigenvalue weighted by Gasteiger charge is -2.19. The van der Waals surface area contributed by atoms with E-state index in [0.29, 0.717) is 17.3 Å². The predicted molar refractivity (Wildman–Crippen MR) is 81.2 cm³/mol. The molecule has 3 rings (SSSR count). The van der Waals surface area contributed by atoms with E-state index in [1.54, 1.807) is 18.5 Å². The van der Waals surface area contributed by atoms with E-state index in [2.05, 4.69) is 15.4 Å². The number of nitrogens with one attached hydrogen (secondary N) is 1. The van der Waals surface area contributed by atoms with Gasteiger partial charge in [0.25, 0.3) is 5.91 Å². The van der Waals surface area contributed by atoms with Crippen LogP contribution in [0.5, 0.6) is 0 Å². The molecule has 0 aromatic carbocycles. The summed E-state index contributed by atoms with van der Waals surface area (Å²) in [6.45, 7) is 1.59. The maximum Gasteiger partial charge on any atom is 0.261 e. The molecule has 1 saturated heterocycles. The molecule has 1 aromatic heterocycles. The van der Waals surface area contributed by atoms with Crippen molar-refractivity contribution in [2.24, 2.45) is 11.0 Å². The first-order valence-corrected chi connectivity index (χ1v) is 9.36. The summed E-state index contributed by atoms with van der Waals surface area (Å²) in [6, 6.07) is -0.481. The molecule has 0 unspecified atom stereocenters. The number of nitrogens with zero attached hydrogens (tertiary/aromatic N) is 3. The maximum absolute atomic E-state index is 12.4. The molecule has 8 nitrogen and oxygen atoms in total. The molecular weight excluding hydrogens is 328 g/mol. The molecule has 2 amide bonds. The quantitative estimate of drug-likeness (QED) is 0.784. The van der Waals surface area contributed by atoms with Crippen LogP contribution in [-0.4, -0.2) is 53.5 Å². The molecule has 1 aromatic rings. The Morgan fingerprint density at radius 3 is 2.86 bits per heavy atom. The lowest BCUT2D eigenvalue weighted by atomic mass is 10.0. The molecule has 2 aliphatic heterocycles. The van der Waals surface area contributed by atoms with Crippen LogP contribution in [0.3, 0.4) is 0 Å². The average molecular weight is 342 g/mol. The Bertz CT molecular complexity index is 741. The molecule has 1 N–H and O–H groups in total. The zero-order valence-corrected chi connectivity index (χ0v) is 13.4. The Kier molecular flexibility index (Phi) is 3.73. The van der Waals surface area contributed by atoms with Crippen LogP contribution in [0.25, 0.3) is 0 Å². The standard InChI is InChI=1S/C12H14N4O4S2/c1-7-9(10(17)14-12-13-3-4-21-12)11(18)16(15-7)8-2-5-22(19,20)6-8/h3-4,8-9H,2,5-6H2,1H3,(H,13,14,17)/t8-,9-/m0/s1.